The molecule has 0 aliphatic rings. The summed E-state index contributed by atoms with van der Waals surface area (Å²) in [4.78, 5) is 0. The summed E-state index contributed by atoms with van der Waals surface area (Å²) >= 11 is 0. The summed E-state index contributed by atoms with van der Waals surface area (Å²) in [7, 11) is 0. The molecule has 0 saturated carbocycles. The molecule has 0 amide bonds. The van der Waals surface area contributed by atoms with E-state index in [0.29, 0.717) is 6.04 Å². The SMILES string of the molecule is CCC(CCO)NC(C)c1ccc(C)o1. The average molecular weight is 211 g/mol. The Morgan fingerprint density at radius 2 is 2.20 bits per heavy atom. The first kappa shape index (κ1) is 12.3. The van der Waals surface area contributed by atoms with Crippen molar-refractivity contribution in [3.8, 4) is 0 Å². The molecular weight excluding hydrogens is 190 g/mol. The highest BCUT2D eigenvalue weighted by Crippen LogP contribution is 2.17. The maximum Gasteiger partial charge on any atom is 0.120 e. The van der Waals surface area contributed by atoms with E-state index in [1.54, 1.807) is 0 Å². The molecule has 1 aromatic rings. The largest absolute Gasteiger partial charge is 0.465 e. The van der Waals surface area contributed by atoms with Crippen LogP contribution in [0.1, 0.15) is 44.3 Å². The van der Waals surface area contributed by atoms with E-state index in [4.69, 9.17) is 9.52 Å². The first-order valence-electron chi connectivity index (χ1n) is 5.60. The third-order valence-electron chi connectivity index (χ3n) is 2.64. The van der Waals surface area contributed by atoms with Gasteiger partial charge in [0.25, 0.3) is 0 Å². The van der Waals surface area contributed by atoms with E-state index in [1.165, 1.54) is 0 Å². The molecule has 0 aliphatic carbocycles. The molecule has 0 bridgehead atoms. The van der Waals surface area contributed by atoms with Crippen LogP contribution in [0.2, 0.25) is 0 Å². The molecule has 2 unspecified atom stereocenters. The van der Waals surface area contributed by atoms with Gasteiger partial charge in [-0.1, -0.05) is 6.92 Å². The molecule has 2 N–H and O–H groups in total. The van der Waals surface area contributed by atoms with E-state index in [2.05, 4.69) is 19.2 Å². The van der Waals surface area contributed by atoms with Crippen LogP contribution in [0.3, 0.4) is 0 Å². The summed E-state index contributed by atoms with van der Waals surface area (Å²) in [6.07, 6.45) is 1.81. The van der Waals surface area contributed by atoms with Gasteiger partial charge in [0.2, 0.25) is 0 Å². The lowest BCUT2D eigenvalue weighted by Gasteiger charge is -2.20. The number of aryl methyl sites for hydroxylation is 1. The van der Waals surface area contributed by atoms with Gasteiger partial charge in [-0.25, -0.2) is 0 Å². The van der Waals surface area contributed by atoms with Crippen LogP contribution >= 0.6 is 0 Å². The lowest BCUT2D eigenvalue weighted by Crippen LogP contribution is -2.31. The van der Waals surface area contributed by atoms with Crippen LogP contribution in [0.25, 0.3) is 0 Å². The Morgan fingerprint density at radius 1 is 1.47 bits per heavy atom. The van der Waals surface area contributed by atoms with Crippen molar-refractivity contribution < 1.29 is 9.52 Å². The number of aliphatic hydroxyl groups is 1. The molecule has 1 rings (SSSR count). The molecule has 3 nitrogen and oxygen atoms in total. The highest BCUT2D eigenvalue weighted by atomic mass is 16.3. The highest BCUT2D eigenvalue weighted by Gasteiger charge is 2.13. The molecule has 1 aromatic heterocycles. The van der Waals surface area contributed by atoms with Crippen LogP contribution in [0.4, 0.5) is 0 Å². The predicted molar refractivity (Wildman–Crippen MR) is 60.8 cm³/mol. The third kappa shape index (κ3) is 3.68. The normalized spacial score (nSPS) is 15.2. The van der Waals surface area contributed by atoms with Crippen LogP contribution < -0.4 is 5.32 Å². The van der Waals surface area contributed by atoms with E-state index in [1.807, 2.05) is 19.1 Å². The van der Waals surface area contributed by atoms with Crippen molar-refractivity contribution in [3.05, 3.63) is 23.7 Å². The molecule has 0 saturated heterocycles. The van der Waals surface area contributed by atoms with E-state index in [9.17, 15) is 0 Å². The highest BCUT2D eigenvalue weighted by molar-refractivity contribution is 5.09. The second-order valence-corrected chi connectivity index (χ2v) is 3.95. The average Bonchev–Trinajstić information content (AvgIpc) is 2.64. The molecule has 0 aliphatic heterocycles. The van der Waals surface area contributed by atoms with Crippen LogP contribution in [-0.4, -0.2) is 17.8 Å². The van der Waals surface area contributed by atoms with Gasteiger partial charge in [-0.05, 0) is 38.8 Å². The number of nitrogens with one attached hydrogen (secondary N) is 1. The maximum absolute atomic E-state index is 8.89. The number of furan rings is 1. The van der Waals surface area contributed by atoms with Crippen molar-refractivity contribution in [2.75, 3.05) is 6.61 Å². The summed E-state index contributed by atoms with van der Waals surface area (Å²) in [6.45, 7) is 6.38. The van der Waals surface area contributed by atoms with E-state index in [-0.39, 0.29) is 12.6 Å². The molecule has 2 atom stereocenters. The fourth-order valence-electron chi connectivity index (χ4n) is 1.68. The fraction of sp³-hybridized carbons (Fsp3) is 0.667. The van der Waals surface area contributed by atoms with Crippen LogP contribution in [0.15, 0.2) is 16.5 Å². The molecule has 3 heteroatoms. The zero-order valence-electron chi connectivity index (χ0n) is 9.79. The summed E-state index contributed by atoms with van der Waals surface area (Å²) in [5.41, 5.74) is 0. The van der Waals surface area contributed by atoms with Gasteiger partial charge in [0.1, 0.15) is 11.5 Å². The van der Waals surface area contributed by atoms with Gasteiger partial charge in [0.15, 0.2) is 0 Å². The quantitative estimate of drug-likeness (QED) is 0.759. The van der Waals surface area contributed by atoms with E-state index < -0.39 is 0 Å². The second kappa shape index (κ2) is 5.93. The molecule has 0 radical (unpaired) electrons. The minimum absolute atomic E-state index is 0.204. The van der Waals surface area contributed by atoms with Gasteiger partial charge in [0.05, 0.1) is 6.04 Å². The van der Waals surface area contributed by atoms with Crippen molar-refractivity contribution in [1.82, 2.24) is 5.32 Å². The summed E-state index contributed by atoms with van der Waals surface area (Å²) in [5, 5.41) is 12.3. The Morgan fingerprint density at radius 3 is 2.67 bits per heavy atom. The Balaban J connectivity index is 2.50. The zero-order chi connectivity index (χ0) is 11.3. The molecule has 0 spiro atoms. The van der Waals surface area contributed by atoms with E-state index in [0.717, 1.165) is 24.4 Å². The standard InChI is InChI=1S/C12H21NO2/c1-4-11(7-8-14)13-10(3)12-6-5-9(2)15-12/h5-6,10-11,13-14H,4,7-8H2,1-3H3. The summed E-state index contributed by atoms with van der Waals surface area (Å²) in [5.74, 6) is 1.90. The lowest BCUT2D eigenvalue weighted by atomic mass is 10.1. The third-order valence-corrected chi connectivity index (χ3v) is 2.64. The number of rotatable bonds is 6. The van der Waals surface area contributed by atoms with Crippen LogP contribution in [-0.2, 0) is 0 Å². The van der Waals surface area contributed by atoms with Gasteiger partial charge < -0.3 is 14.8 Å². The van der Waals surface area contributed by atoms with Crippen molar-refractivity contribution in [1.29, 1.82) is 0 Å². The number of hydrogen-bond acceptors (Lipinski definition) is 3. The molecular formula is C12H21NO2. The van der Waals surface area contributed by atoms with Gasteiger partial charge >= 0.3 is 0 Å². The Bertz CT molecular complexity index is 283. The molecule has 15 heavy (non-hydrogen) atoms. The Hall–Kier alpha value is -0.800. The van der Waals surface area contributed by atoms with Gasteiger partial charge in [-0.2, -0.15) is 0 Å². The van der Waals surface area contributed by atoms with Crippen molar-refractivity contribution in [2.45, 2.75) is 45.7 Å². The summed E-state index contributed by atoms with van der Waals surface area (Å²) in [6, 6.07) is 4.53. The maximum atomic E-state index is 8.89. The van der Waals surface area contributed by atoms with Gasteiger partial charge in [-0.3, -0.25) is 0 Å². The van der Waals surface area contributed by atoms with Gasteiger partial charge in [0, 0.05) is 12.6 Å². The number of aliphatic hydroxyl groups excluding tert-OH is 1. The van der Waals surface area contributed by atoms with E-state index >= 15 is 0 Å². The topological polar surface area (TPSA) is 45.4 Å². The predicted octanol–water partition coefficient (Wildman–Crippen LogP) is 2.40. The minimum atomic E-state index is 0.204. The first-order chi connectivity index (χ1) is 7.17. The van der Waals surface area contributed by atoms with Crippen molar-refractivity contribution in [3.63, 3.8) is 0 Å². The minimum Gasteiger partial charge on any atom is -0.465 e. The Labute approximate surface area is 91.5 Å². The zero-order valence-corrected chi connectivity index (χ0v) is 9.79. The fourth-order valence-corrected chi connectivity index (χ4v) is 1.68. The molecule has 86 valence electrons. The summed E-state index contributed by atoms with van der Waals surface area (Å²) < 4.78 is 5.54. The monoisotopic (exact) mass is 211 g/mol. The van der Waals surface area contributed by atoms with Crippen molar-refractivity contribution in [2.24, 2.45) is 0 Å². The smallest absolute Gasteiger partial charge is 0.120 e. The molecule has 1 heterocycles. The first-order valence-corrected chi connectivity index (χ1v) is 5.60. The van der Waals surface area contributed by atoms with Gasteiger partial charge in [-0.15, -0.1) is 0 Å². The second-order valence-electron chi connectivity index (χ2n) is 3.95. The number of hydrogen-bond donors (Lipinski definition) is 2. The van der Waals surface area contributed by atoms with Crippen molar-refractivity contribution >= 4 is 0 Å². The van der Waals surface area contributed by atoms with Crippen LogP contribution in [0, 0.1) is 6.92 Å². The Kier molecular flexibility index (Phi) is 4.85. The van der Waals surface area contributed by atoms with Crippen LogP contribution in [0.5, 0.6) is 0 Å². The lowest BCUT2D eigenvalue weighted by molar-refractivity contribution is 0.252. The molecule has 0 aromatic carbocycles. The molecule has 0 fully saturated rings.